The van der Waals surface area contributed by atoms with Crippen LogP contribution in [0.3, 0.4) is 0 Å². The number of phenolic OH excluding ortho intramolecular Hbond substituents is 1. The highest BCUT2D eigenvalue weighted by Crippen LogP contribution is 2.34. The van der Waals surface area contributed by atoms with E-state index in [1.807, 2.05) is 19.1 Å². The summed E-state index contributed by atoms with van der Waals surface area (Å²) in [4.78, 5) is 11.9. The van der Waals surface area contributed by atoms with E-state index < -0.39 is 0 Å². The molecule has 0 aliphatic carbocycles. The minimum absolute atomic E-state index is 0.116. The van der Waals surface area contributed by atoms with Crippen molar-refractivity contribution in [2.75, 3.05) is 6.61 Å². The number of benzene rings is 2. The predicted octanol–water partition coefficient (Wildman–Crippen LogP) is 3.52. The van der Waals surface area contributed by atoms with Gasteiger partial charge in [0.2, 0.25) is 0 Å². The highest BCUT2D eigenvalue weighted by molar-refractivity contribution is 6.32. The molecule has 5 nitrogen and oxygen atoms in total. The Bertz CT molecular complexity index is 727. The second-order valence-corrected chi connectivity index (χ2v) is 5.25. The van der Waals surface area contributed by atoms with Gasteiger partial charge in [-0.15, -0.1) is 0 Å². The summed E-state index contributed by atoms with van der Waals surface area (Å²) in [7, 11) is 0. The predicted molar refractivity (Wildman–Crippen MR) is 90.5 cm³/mol. The molecule has 2 N–H and O–H groups in total. The fraction of sp³-hybridized carbons (Fsp3) is 0.176. The second kappa shape index (κ2) is 7.65. The van der Waals surface area contributed by atoms with Crippen molar-refractivity contribution in [1.29, 1.82) is 0 Å². The van der Waals surface area contributed by atoms with Crippen LogP contribution in [0.5, 0.6) is 11.5 Å². The van der Waals surface area contributed by atoms with E-state index in [1.165, 1.54) is 12.3 Å². The Morgan fingerprint density at radius 1 is 1.35 bits per heavy atom. The van der Waals surface area contributed by atoms with Crippen LogP contribution in [-0.2, 0) is 0 Å². The first-order chi connectivity index (χ1) is 11.0. The number of carbonyl (C=O) groups is 1. The van der Waals surface area contributed by atoms with Crippen molar-refractivity contribution in [3.63, 3.8) is 0 Å². The topological polar surface area (TPSA) is 70.9 Å². The number of aromatic hydroxyl groups is 1. The van der Waals surface area contributed by atoms with Crippen molar-refractivity contribution in [2.24, 2.45) is 5.10 Å². The molecule has 0 spiro atoms. The molecule has 1 amide bonds. The Morgan fingerprint density at radius 2 is 2.04 bits per heavy atom. The number of nitrogens with zero attached hydrogens (tertiary/aromatic N) is 1. The SMILES string of the molecule is CCOc1cc(/C=N/NC(=O)c2ccc(C)cc2)cc(Cl)c1O. The minimum Gasteiger partial charge on any atom is -0.503 e. The van der Waals surface area contributed by atoms with Gasteiger partial charge in [0.1, 0.15) is 0 Å². The summed E-state index contributed by atoms with van der Waals surface area (Å²) in [5.74, 6) is -0.156. The lowest BCUT2D eigenvalue weighted by atomic mass is 10.1. The number of hydrazone groups is 1. The van der Waals surface area contributed by atoms with Gasteiger partial charge in [0.25, 0.3) is 5.91 Å². The van der Waals surface area contributed by atoms with Gasteiger partial charge in [0, 0.05) is 5.56 Å². The number of hydrogen-bond acceptors (Lipinski definition) is 4. The quantitative estimate of drug-likeness (QED) is 0.650. The molecule has 0 fully saturated rings. The molecule has 2 aromatic rings. The molecule has 0 bridgehead atoms. The monoisotopic (exact) mass is 332 g/mol. The zero-order valence-corrected chi connectivity index (χ0v) is 13.6. The van der Waals surface area contributed by atoms with E-state index >= 15 is 0 Å². The number of phenols is 1. The van der Waals surface area contributed by atoms with Crippen LogP contribution in [0.4, 0.5) is 0 Å². The molecule has 6 heteroatoms. The normalized spacial score (nSPS) is 10.7. The first kappa shape index (κ1) is 16.8. The van der Waals surface area contributed by atoms with Crippen LogP contribution in [0.1, 0.15) is 28.4 Å². The van der Waals surface area contributed by atoms with Gasteiger partial charge in [0.05, 0.1) is 17.8 Å². The van der Waals surface area contributed by atoms with Crippen molar-refractivity contribution >= 4 is 23.7 Å². The zero-order chi connectivity index (χ0) is 16.8. The third-order valence-corrected chi connectivity index (χ3v) is 3.33. The van der Waals surface area contributed by atoms with E-state index in [2.05, 4.69) is 10.5 Å². The molecular weight excluding hydrogens is 316 g/mol. The third kappa shape index (κ3) is 4.47. The van der Waals surface area contributed by atoms with Gasteiger partial charge >= 0.3 is 0 Å². The first-order valence-corrected chi connectivity index (χ1v) is 7.44. The number of amides is 1. The minimum atomic E-state index is -0.309. The van der Waals surface area contributed by atoms with Crippen molar-refractivity contribution in [1.82, 2.24) is 5.43 Å². The Labute approximate surface area is 139 Å². The van der Waals surface area contributed by atoms with E-state index in [-0.39, 0.29) is 22.4 Å². The summed E-state index contributed by atoms with van der Waals surface area (Å²) in [6, 6.07) is 10.3. The number of halogens is 1. The summed E-state index contributed by atoms with van der Waals surface area (Å²) in [6.45, 7) is 4.15. The second-order valence-electron chi connectivity index (χ2n) is 4.85. The summed E-state index contributed by atoms with van der Waals surface area (Å²) < 4.78 is 5.28. The van der Waals surface area contributed by atoms with Crippen LogP contribution in [0.15, 0.2) is 41.5 Å². The summed E-state index contributed by atoms with van der Waals surface area (Å²) in [6.07, 6.45) is 1.43. The molecular formula is C17H17ClN2O3. The van der Waals surface area contributed by atoms with Gasteiger partial charge in [-0.25, -0.2) is 5.43 Å². The highest BCUT2D eigenvalue weighted by Gasteiger charge is 2.09. The zero-order valence-electron chi connectivity index (χ0n) is 12.8. The molecule has 0 saturated heterocycles. The van der Waals surface area contributed by atoms with Crippen molar-refractivity contribution in [2.45, 2.75) is 13.8 Å². The maximum Gasteiger partial charge on any atom is 0.271 e. The smallest absolute Gasteiger partial charge is 0.271 e. The standard InChI is InChI=1S/C17H17ClN2O3/c1-3-23-15-9-12(8-14(18)16(15)21)10-19-20-17(22)13-6-4-11(2)5-7-13/h4-10,21H,3H2,1-2H3,(H,20,22)/b19-10+. The molecule has 0 aromatic heterocycles. The number of rotatable bonds is 5. The van der Waals surface area contributed by atoms with Gasteiger partial charge in [-0.2, -0.15) is 5.10 Å². The maximum atomic E-state index is 11.9. The van der Waals surface area contributed by atoms with E-state index in [4.69, 9.17) is 16.3 Å². The molecule has 0 saturated carbocycles. The maximum absolute atomic E-state index is 11.9. The Hall–Kier alpha value is -2.53. The molecule has 0 aliphatic rings. The van der Waals surface area contributed by atoms with Gasteiger partial charge < -0.3 is 9.84 Å². The largest absolute Gasteiger partial charge is 0.503 e. The van der Waals surface area contributed by atoms with E-state index in [0.29, 0.717) is 17.7 Å². The van der Waals surface area contributed by atoms with Gasteiger partial charge in [-0.1, -0.05) is 29.3 Å². The fourth-order valence-electron chi connectivity index (χ4n) is 1.87. The summed E-state index contributed by atoms with van der Waals surface area (Å²) in [5.41, 5.74) is 4.63. The van der Waals surface area contributed by atoms with Crippen LogP contribution in [0.25, 0.3) is 0 Å². The highest BCUT2D eigenvalue weighted by atomic mass is 35.5. The van der Waals surface area contributed by atoms with Crippen LogP contribution in [0.2, 0.25) is 5.02 Å². The van der Waals surface area contributed by atoms with Crippen LogP contribution < -0.4 is 10.2 Å². The van der Waals surface area contributed by atoms with Crippen LogP contribution in [0, 0.1) is 6.92 Å². The Balaban J connectivity index is 2.08. The molecule has 0 unspecified atom stereocenters. The third-order valence-electron chi connectivity index (χ3n) is 3.04. The average molecular weight is 333 g/mol. The lowest BCUT2D eigenvalue weighted by molar-refractivity contribution is 0.0955. The summed E-state index contributed by atoms with van der Waals surface area (Å²) in [5, 5.41) is 13.8. The van der Waals surface area contributed by atoms with E-state index in [0.717, 1.165) is 5.56 Å². The summed E-state index contributed by atoms with van der Waals surface area (Å²) >= 11 is 5.93. The molecule has 23 heavy (non-hydrogen) atoms. The van der Waals surface area contributed by atoms with Crippen LogP contribution in [-0.4, -0.2) is 23.8 Å². The number of aryl methyl sites for hydroxylation is 1. The van der Waals surface area contributed by atoms with Crippen molar-refractivity contribution in [3.05, 3.63) is 58.1 Å². The molecule has 0 radical (unpaired) electrons. The number of hydrogen-bond donors (Lipinski definition) is 2. The first-order valence-electron chi connectivity index (χ1n) is 7.06. The van der Waals surface area contributed by atoms with Crippen molar-refractivity contribution in [3.8, 4) is 11.5 Å². The lowest BCUT2D eigenvalue weighted by Gasteiger charge is -2.08. The molecule has 0 atom stereocenters. The number of carbonyl (C=O) groups excluding carboxylic acids is 1. The molecule has 0 aliphatic heterocycles. The Kier molecular flexibility index (Phi) is 5.60. The lowest BCUT2D eigenvalue weighted by Crippen LogP contribution is -2.17. The molecule has 120 valence electrons. The van der Waals surface area contributed by atoms with Gasteiger partial charge in [0.15, 0.2) is 11.5 Å². The van der Waals surface area contributed by atoms with Crippen molar-refractivity contribution < 1.29 is 14.6 Å². The van der Waals surface area contributed by atoms with E-state index in [9.17, 15) is 9.90 Å². The molecule has 0 heterocycles. The van der Waals surface area contributed by atoms with Gasteiger partial charge in [-0.3, -0.25) is 4.79 Å². The molecule has 2 aromatic carbocycles. The Morgan fingerprint density at radius 3 is 2.70 bits per heavy atom. The average Bonchev–Trinajstić information content (AvgIpc) is 2.53. The van der Waals surface area contributed by atoms with E-state index in [1.54, 1.807) is 25.1 Å². The molecule has 2 rings (SSSR count). The van der Waals surface area contributed by atoms with Gasteiger partial charge in [-0.05, 0) is 43.7 Å². The fourth-order valence-corrected chi connectivity index (χ4v) is 2.09. The number of nitrogens with one attached hydrogen (secondary N) is 1. The van der Waals surface area contributed by atoms with Crippen LogP contribution >= 0.6 is 11.6 Å². The number of ether oxygens (including phenoxy) is 1.